The zero-order valence-electron chi connectivity index (χ0n) is 22.2. The van der Waals surface area contributed by atoms with E-state index in [0.29, 0.717) is 42.5 Å². The fourth-order valence-electron chi connectivity index (χ4n) is 6.84. The van der Waals surface area contributed by atoms with E-state index < -0.39 is 0 Å². The number of anilines is 1. The average Bonchev–Trinajstić information content (AvgIpc) is 3.76. The number of rotatable bonds is 4. The van der Waals surface area contributed by atoms with E-state index in [4.69, 9.17) is 4.98 Å². The molecule has 2 bridgehead atoms. The van der Waals surface area contributed by atoms with Crippen molar-refractivity contribution in [3.05, 3.63) is 60.2 Å². The summed E-state index contributed by atoms with van der Waals surface area (Å²) in [6, 6.07) is 9.88. The predicted octanol–water partition coefficient (Wildman–Crippen LogP) is 2.55. The van der Waals surface area contributed by atoms with Crippen molar-refractivity contribution in [2.75, 3.05) is 18.5 Å². The van der Waals surface area contributed by atoms with E-state index in [0.717, 1.165) is 53.9 Å². The van der Waals surface area contributed by atoms with Crippen LogP contribution in [-0.4, -0.2) is 72.3 Å². The van der Waals surface area contributed by atoms with Crippen LogP contribution in [0, 0.1) is 0 Å². The van der Waals surface area contributed by atoms with Crippen LogP contribution in [-0.2, 0) is 4.79 Å². The zero-order valence-corrected chi connectivity index (χ0v) is 22.2. The lowest BCUT2D eigenvalue weighted by molar-refractivity contribution is -0.128. The first-order valence-electron chi connectivity index (χ1n) is 14.1. The van der Waals surface area contributed by atoms with Crippen LogP contribution in [0.3, 0.4) is 0 Å². The van der Waals surface area contributed by atoms with Crippen LogP contribution in [0.4, 0.5) is 5.82 Å². The second kappa shape index (κ2) is 9.44. The lowest BCUT2D eigenvalue weighted by Gasteiger charge is -2.39. The number of piperidine rings is 1. The van der Waals surface area contributed by atoms with Gasteiger partial charge in [-0.3, -0.25) is 25.0 Å². The molecule has 0 aromatic carbocycles. The number of amides is 1. The van der Waals surface area contributed by atoms with Crippen LogP contribution in [0.1, 0.15) is 54.1 Å². The van der Waals surface area contributed by atoms with E-state index in [2.05, 4.69) is 36.2 Å². The molecule has 2 atom stereocenters. The molecule has 0 aliphatic carbocycles. The van der Waals surface area contributed by atoms with Gasteiger partial charge in [-0.2, -0.15) is 9.61 Å². The normalized spacial score (nSPS) is 23.2. The number of Topliss-reactive ketones (excluding diaryl/α,β-unsaturated/α-hetero) is 1. The molecule has 8 heterocycles. The Morgan fingerprint density at radius 3 is 2.59 bits per heavy atom. The summed E-state index contributed by atoms with van der Waals surface area (Å²) in [5, 5.41) is 8.08. The molecule has 2 unspecified atom stereocenters. The monoisotopic (exact) mass is 548 g/mol. The number of hydrogen-bond acceptors (Lipinski definition) is 10. The van der Waals surface area contributed by atoms with Gasteiger partial charge in [-0.05, 0) is 43.9 Å². The minimum atomic E-state index is -0.0520. The summed E-state index contributed by atoms with van der Waals surface area (Å²) in [6.07, 6.45) is 9.18. The molecular formula is C29H28N10O2. The maximum Gasteiger partial charge on any atom is 0.290 e. The summed E-state index contributed by atoms with van der Waals surface area (Å²) in [4.78, 5) is 47.1. The molecular weight excluding hydrogens is 520 g/mol. The number of nitrogens with zero attached hydrogens (tertiary/aromatic N) is 7. The van der Waals surface area contributed by atoms with Crippen LogP contribution in [0.5, 0.6) is 0 Å². The summed E-state index contributed by atoms with van der Waals surface area (Å²) in [6.45, 7) is 0.953. The summed E-state index contributed by atoms with van der Waals surface area (Å²) < 4.78 is 1.75. The van der Waals surface area contributed by atoms with Crippen LogP contribution in [0.25, 0.3) is 28.2 Å². The highest BCUT2D eigenvalue weighted by molar-refractivity contribution is 6.38. The Hall–Kier alpha value is -4.71. The Balaban J connectivity index is 1.18. The number of carbonyl (C=O) groups is 2. The van der Waals surface area contributed by atoms with Gasteiger partial charge in [-0.1, -0.05) is 12.1 Å². The Morgan fingerprint density at radius 1 is 1.00 bits per heavy atom. The van der Waals surface area contributed by atoms with Gasteiger partial charge in [0.2, 0.25) is 5.84 Å². The fourth-order valence-corrected chi connectivity index (χ4v) is 6.84. The fraction of sp³-hybridized carbons (Fsp3) is 0.345. The average molecular weight is 549 g/mol. The maximum absolute atomic E-state index is 13.3. The molecule has 8 rings (SSSR count). The molecule has 0 spiro atoms. The number of nitrogens with one attached hydrogen (secondary N) is 3. The largest absolute Gasteiger partial charge is 0.369 e. The number of aliphatic imine (C=N–C) groups is 1. The van der Waals surface area contributed by atoms with E-state index in [9.17, 15) is 9.59 Å². The smallest absolute Gasteiger partial charge is 0.290 e. The molecule has 4 aromatic heterocycles. The molecule has 4 aliphatic heterocycles. The molecule has 4 aliphatic rings. The molecule has 41 heavy (non-hydrogen) atoms. The molecule has 1 amide bonds. The van der Waals surface area contributed by atoms with Crippen molar-refractivity contribution < 1.29 is 9.59 Å². The third-order valence-electron chi connectivity index (χ3n) is 8.68. The van der Waals surface area contributed by atoms with Gasteiger partial charge in [0.25, 0.3) is 5.91 Å². The number of carbonyl (C=O) groups excluding carboxylic acids is 2. The summed E-state index contributed by atoms with van der Waals surface area (Å²) in [5.41, 5.74) is 11.2. The highest BCUT2D eigenvalue weighted by atomic mass is 16.2. The van der Waals surface area contributed by atoms with Crippen molar-refractivity contribution in [3.63, 3.8) is 0 Å². The van der Waals surface area contributed by atoms with E-state index >= 15 is 0 Å². The summed E-state index contributed by atoms with van der Waals surface area (Å²) >= 11 is 0. The number of ketones is 1. The zero-order chi connectivity index (χ0) is 27.5. The molecule has 3 N–H and O–H groups in total. The molecule has 2 fully saturated rings. The Labute approximate surface area is 235 Å². The van der Waals surface area contributed by atoms with Gasteiger partial charge < -0.3 is 10.2 Å². The van der Waals surface area contributed by atoms with Crippen molar-refractivity contribution in [1.29, 1.82) is 0 Å². The maximum atomic E-state index is 13.3. The van der Waals surface area contributed by atoms with E-state index in [-0.39, 0.29) is 29.7 Å². The van der Waals surface area contributed by atoms with Crippen molar-refractivity contribution in [1.82, 2.24) is 40.3 Å². The van der Waals surface area contributed by atoms with E-state index in [1.165, 1.54) is 0 Å². The Kier molecular flexibility index (Phi) is 5.55. The van der Waals surface area contributed by atoms with Gasteiger partial charge in [-0.15, -0.1) is 0 Å². The number of amidine groups is 1. The van der Waals surface area contributed by atoms with Crippen molar-refractivity contribution in [2.45, 2.75) is 50.1 Å². The van der Waals surface area contributed by atoms with E-state index in [1.54, 1.807) is 16.9 Å². The number of fused-ring (bicyclic) bond motifs is 5. The van der Waals surface area contributed by atoms with E-state index in [1.807, 2.05) is 41.4 Å². The number of hydrazine groups is 1. The van der Waals surface area contributed by atoms with Crippen LogP contribution < -0.4 is 16.2 Å². The Bertz CT molecular complexity index is 1700. The predicted molar refractivity (Wildman–Crippen MR) is 151 cm³/mol. The van der Waals surface area contributed by atoms with Gasteiger partial charge >= 0.3 is 0 Å². The van der Waals surface area contributed by atoms with Gasteiger partial charge in [-0.25, -0.2) is 15.4 Å². The van der Waals surface area contributed by atoms with Gasteiger partial charge in [0.1, 0.15) is 12.5 Å². The molecule has 12 nitrogen and oxygen atoms in total. The minimum Gasteiger partial charge on any atom is -0.369 e. The Morgan fingerprint density at radius 2 is 1.85 bits per heavy atom. The first-order chi connectivity index (χ1) is 20.2. The second-order valence-corrected chi connectivity index (χ2v) is 11.0. The third kappa shape index (κ3) is 3.89. The van der Waals surface area contributed by atoms with Gasteiger partial charge in [0.15, 0.2) is 11.4 Å². The molecule has 206 valence electrons. The van der Waals surface area contributed by atoms with Crippen LogP contribution in [0.15, 0.2) is 53.9 Å². The molecule has 12 heteroatoms. The highest BCUT2D eigenvalue weighted by Crippen LogP contribution is 2.45. The molecule has 0 radical (unpaired) electrons. The van der Waals surface area contributed by atoms with Gasteiger partial charge in [0.05, 0.1) is 28.8 Å². The first-order valence-corrected chi connectivity index (χ1v) is 14.1. The molecule has 0 saturated carbocycles. The number of aromatic nitrogens is 5. The van der Waals surface area contributed by atoms with Crippen LogP contribution >= 0.6 is 0 Å². The van der Waals surface area contributed by atoms with Gasteiger partial charge in [0, 0.05) is 54.5 Å². The van der Waals surface area contributed by atoms with Crippen LogP contribution in [0.2, 0.25) is 0 Å². The minimum absolute atomic E-state index is 0.0520. The van der Waals surface area contributed by atoms with Crippen molar-refractivity contribution in [2.24, 2.45) is 4.99 Å². The third-order valence-corrected chi connectivity index (χ3v) is 8.68. The summed E-state index contributed by atoms with van der Waals surface area (Å²) in [5.74, 6) is 1.17. The topological polar surface area (TPSA) is 142 Å². The quantitative estimate of drug-likeness (QED) is 0.351. The SMILES string of the molecule is O=C1CCNc2c1c(C1CC3CCC(C1)N3C(=O)C1=NCNN1)nc1c(-c3ccc(-c4ccccn4)nc3)cnn21. The molecule has 2 saturated heterocycles. The second-order valence-electron chi connectivity index (χ2n) is 11.0. The van der Waals surface area contributed by atoms with Crippen molar-refractivity contribution >= 4 is 29.0 Å². The number of hydrogen-bond donors (Lipinski definition) is 3. The standard InChI is InChI=1S/C29H28N10O2/c40-23-8-10-31-28-24(23)25(17-11-18-5-6-19(12-17)38(18)29(41)26-33-15-34-37-26)36-27-20(14-35-39(27)28)16-4-7-22(32-13-16)21-3-1-2-9-30-21/h1-4,7,9,13-14,17-19,31,34H,5-6,8,10-12,15H2,(H,33,37). The lowest BCUT2D eigenvalue weighted by Crippen LogP contribution is -2.52. The highest BCUT2D eigenvalue weighted by Gasteiger charge is 2.46. The van der Waals surface area contributed by atoms with Crippen molar-refractivity contribution in [3.8, 4) is 22.5 Å². The first kappa shape index (κ1) is 24.1. The summed E-state index contributed by atoms with van der Waals surface area (Å²) in [7, 11) is 0. The molecule has 4 aromatic rings. The number of pyridine rings is 2. The lowest BCUT2D eigenvalue weighted by atomic mass is 9.84.